The average Bonchev–Trinajstić information content (AvgIpc) is 2.55. The molecule has 2 N–H and O–H groups in total. The molecule has 0 aromatic heterocycles. The number of hydrogen-bond donors (Lipinski definition) is 2. The van der Waals surface area contributed by atoms with Crippen LogP contribution in [-0.2, 0) is 4.79 Å². The van der Waals surface area contributed by atoms with Crippen LogP contribution in [0.1, 0.15) is 6.42 Å². The van der Waals surface area contributed by atoms with Crippen molar-refractivity contribution in [2.45, 2.75) is 6.42 Å². The number of rotatable bonds is 7. The predicted octanol–water partition coefficient (Wildman–Crippen LogP) is 2.88. The molecule has 5 heteroatoms. The van der Waals surface area contributed by atoms with Crippen LogP contribution in [0.2, 0.25) is 0 Å². The number of amides is 1. The monoisotopic (exact) mass is 346 g/mol. The van der Waals surface area contributed by atoms with Gasteiger partial charge in [0.1, 0.15) is 5.75 Å². The Balaban J connectivity index is 0.00000208. The molecule has 1 amide bonds. The van der Waals surface area contributed by atoms with Crippen LogP contribution in [0.3, 0.4) is 0 Å². The Bertz CT molecular complexity index is 645. The highest BCUT2D eigenvalue weighted by atomic mass is 35.5. The van der Waals surface area contributed by atoms with Gasteiger partial charge in [0.05, 0.1) is 13.0 Å². The first kappa shape index (κ1) is 18.3. The van der Waals surface area contributed by atoms with Gasteiger partial charge in [0.15, 0.2) is 0 Å². The van der Waals surface area contributed by atoms with E-state index in [0.717, 1.165) is 36.5 Å². The van der Waals surface area contributed by atoms with Crippen molar-refractivity contribution < 1.29 is 9.53 Å². The minimum Gasteiger partial charge on any atom is -0.492 e. The van der Waals surface area contributed by atoms with Crippen molar-refractivity contribution in [1.29, 1.82) is 0 Å². The summed E-state index contributed by atoms with van der Waals surface area (Å²) in [5.74, 6) is 1.45. The lowest BCUT2D eigenvalue weighted by atomic mass is 10.0. The number of carbonyl (C=O) groups excluding carboxylic acids is 1. The Morgan fingerprint density at radius 2 is 1.79 bits per heavy atom. The molecule has 0 saturated carbocycles. The van der Waals surface area contributed by atoms with Crippen molar-refractivity contribution in [1.82, 2.24) is 10.6 Å². The van der Waals surface area contributed by atoms with E-state index in [4.69, 9.17) is 4.74 Å². The summed E-state index contributed by atoms with van der Waals surface area (Å²) in [6.07, 6.45) is 0.378. The Kier molecular flexibility index (Phi) is 7.09. The third-order valence-corrected chi connectivity index (χ3v) is 4.01. The fourth-order valence-corrected chi connectivity index (χ4v) is 2.54. The molecule has 1 aliphatic heterocycles. The van der Waals surface area contributed by atoms with Gasteiger partial charge in [-0.15, -0.1) is 12.4 Å². The number of ether oxygens (including phenoxy) is 1. The van der Waals surface area contributed by atoms with Gasteiger partial charge in [0.25, 0.3) is 0 Å². The fraction of sp³-hybridized carbons (Fsp3) is 0.316. The topological polar surface area (TPSA) is 50.4 Å². The maximum atomic E-state index is 11.8. The van der Waals surface area contributed by atoms with E-state index in [1.807, 2.05) is 42.5 Å². The van der Waals surface area contributed by atoms with Gasteiger partial charge < -0.3 is 15.4 Å². The molecule has 1 saturated heterocycles. The van der Waals surface area contributed by atoms with Crippen molar-refractivity contribution >= 4 is 18.3 Å². The maximum Gasteiger partial charge on any atom is 0.223 e. The van der Waals surface area contributed by atoms with Crippen LogP contribution in [0, 0.1) is 5.92 Å². The molecule has 1 aliphatic rings. The Hall–Kier alpha value is -2.04. The molecule has 1 heterocycles. The van der Waals surface area contributed by atoms with E-state index in [-0.39, 0.29) is 18.3 Å². The van der Waals surface area contributed by atoms with E-state index in [1.54, 1.807) is 0 Å². The second-order valence-corrected chi connectivity index (χ2v) is 5.79. The van der Waals surface area contributed by atoms with Crippen LogP contribution in [0.15, 0.2) is 54.6 Å². The lowest BCUT2D eigenvalue weighted by Gasteiger charge is -2.27. The van der Waals surface area contributed by atoms with Crippen molar-refractivity contribution in [2.75, 3.05) is 26.2 Å². The van der Waals surface area contributed by atoms with Gasteiger partial charge in [-0.3, -0.25) is 4.79 Å². The summed E-state index contributed by atoms with van der Waals surface area (Å²) in [6.45, 7) is 3.15. The molecule has 3 rings (SSSR count). The third kappa shape index (κ3) is 4.98. The Labute approximate surface area is 149 Å². The summed E-state index contributed by atoms with van der Waals surface area (Å²) in [6, 6.07) is 18.1. The van der Waals surface area contributed by atoms with Crippen LogP contribution in [0.5, 0.6) is 5.75 Å². The standard InChI is InChI=1S/C19H22N2O2.ClH/c22-19(21-14-15-12-20-13-15)10-11-23-18-9-5-4-8-17(18)16-6-2-1-3-7-16;/h1-9,15,20H,10-14H2,(H,21,22);1H. The van der Waals surface area contributed by atoms with Crippen LogP contribution in [0.25, 0.3) is 11.1 Å². The summed E-state index contributed by atoms with van der Waals surface area (Å²) in [5.41, 5.74) is 2.17. The SMILES string of the molecule is Cl.O=C(CCOc1ccccc1-c1ccccc1)NCC1CNC1. The lowest BCUT2D eigenvalue weighted by Crippen LogP contribution is -2.48. The first-order valence-electron chi connectivity index (χ1n) is 8.07. The summed E-state index contributed by atoms with van der Waals surface area (Å²) >= 11 is 0. The number of nitrogens with one attached hydrogen (secondary N) is 2. The lowest BCUT2D eigenvalue weighted by molar-refractivity contribution is -0.121. The number of carbonyl (C=O) groups is 1. The van der Waals surface area contributed by atoms with E-state index < -0.39 is 0 Å². The molecule has 2 aromatic carbocycles. The van der Waals surface area contributed by atoms with E-state index in [2.05, 4.69) is 22.8 Å². The van der Waals surface area contributed by atoms with E-state index in [0.29, 0.717) is 18.9 Å². The van der Waals surface area contributed by atoms with Gasteiger partial charge in [-0.1, -0.05) is 48.5 Å². The van der Waals surface area contributed by atoms with Gasteiger partial charge in [0, 0.05) is 31.1 Å². The minimum atomic E-state index is 0. The molecule has 0 atom stereocenters. The van der Waals surface area contributed by atoms with E-state index in [9.17, 15) is 4.79 Å². The largest absolute Gasteiger partial charge is 0.492 e. The molecule has 1 fully saturated rings. The van der Waals surface area contributed by atoms with Crippen LogP contribution in [-0.4, -0.2) is 32.1 Å². The normalized spacial score (nSPS) is 13.5. The second-order valence-electron chi connectivity index (χ2n) is 5.79. The van der Waals surface area contributed by atoms with Crippen LogP contribution in [0.4, 0.5) is 0 Å². The van der Waals surface area contributed by atoms with Gasteiger partial charge >= 0.3 is 0 Å². The second kappa shape index (κ2) is 9.30. The maximum absolute atomic E-state index is 11.8. The number of benzene rings is 2. The number of halogens is 1. The van der Waals surface area contributed by atoms with Gasteiger partial charge in [-0.25, -0.2) is 0 Å². The van der Waals surface area contributed by atoms with Crippen LogP contribution < -0.4 is 15.4 Å². The van der Waals surface area contributed by atoms with Crippen molar-refractivity contribution in [3.05, 3.63) is 54.6 Å². The summed E-state index contributed by atoms with van der Waals surface area (Å²) in [4.78, 5) is 11.8. The molecule has 2 aromatic rings. The molecule has 0 aliphatic carbocycles. The number of hydrogen-bond acceptors (Lipinski definition) is 3. The van der Waals surface area contributed by atoms with E-state index >= 15 is 0 Å². The first-order valence-corrected chi connectivity index (χ1v) is 8.07. The predicted molar refractivity (Wildman–Crippen MR) is 98.6 cm³/mol. The molecule has 4 nitrogen and oxygen atoms in total. The zero-order chi connectivity index (χ0) is 15.9. The summed E-state index contributed by atoms with van der Waals surface area (Å²) in [7, 11) is 0. The molecule has 128 valence electrons. The minimum absolute atomic E-state index is 0. The van der Waals surface area contributed by atoms with Gasteiger partial charge in [-0.05, 0) is 11.6 Å². The molecule has 0 radical (unpaired) electrons. The van der Waals surface area contributed by atoms with Crippen molar-refractivity contribution in [2.24, 2.45) is 5.92 Å². The molecule has 0 unspecified atom stereocenters. The third-order valence-electron chi connectivity index (χ3n) is 4.01. The number of para-hydroxylation sites is 1. The highest BCUT2D eigenvalue weighted by Crippen LogP contribution is 2.29. The zero-order valence-corrected chi connectivity index (χ0v) is 14.4. The summed E-state index contributed by atoms with van der Waals surface area (Å²) < 4.78 is 5.84. The van der Waals surface area contributed by atoms with Gasteiger partial charge in [-0.2, -0.15) is 0 Å². The molecule has 0 bridgehead atoms. The highest BCUT2D eigenvalue weighted by molar-refractivity contribution is 5.85. The van der Waals surface area contributed by atoms with Gasteiger partial charge in [0.2, 0.25) is 5.91 Å². The highest BCUT2D eigenvalue weighted by Gasteiger charge is 2.17. The molecule has 0 spiro atoms. The average molecular weight is 347 g/mol. The fourth-order valence-electron chi connectivity index (χ4n) is 2.54. The van der Waals surface area contributed by atoms with Crippen molar-refractivity contribution in [3.63, 3.8) is 0 Å². The Morgan fingerprint density at radius 3 is 2.50 bits per heavy atom. The summed E-state index contributed by atoms with van der Waals surface area (Å²) in [5, 5.41) is 6.15. The van der Waals surface area contributed by atoms with Crippen LogP contribution >= 0.6 is 12.4 Å². The zero-order valence-electron chi connectivity index (χ0n) is 13.5. The first-order chi connectivity index (χ1) is 11.3. The quantitative estimate of drug-likeness (QED) is 0.810. The molecular formula is C19H23ClN2O2. The molecular weight excluding hydrogens is 324 g/mol. The molecule has 24 heavy (non-hydrogen) atoms. The Morgan fingerprint density at radius 1 is 1.08 bits per heavy atom. The van der Waals surface area contributed by atoms with Crippen molar-refractivity contribution in [3.8, 4) is 16.9 Å². The smallest absolute Gasteiger partial charge is 0.223 e. The van der Waals surface area contributed by atoms with E-state index in [1.165, 1.54) is 0 Å².